The molecular weight excluding hydrogens is 457 g/mol. The summed E-state index contributed by atoms with van der Waals surface area (Å²) in [6, 6.07) is 14.8. The van der Waals surface area contributed by atoms with E-state index in [0.29, 0.717) is 12.0 Å². The van der Waals surface area contributed by atoms with E-state index < -0.39 is 0 Å². The Kier molecular flexibility index (Phi) is 8.96. The number of piperidine rings is 1. The van der Waals surface area contributed by atoms with Crippen molar-refractivity contribution in [3.8, 4) is 11.1 Å². The Labute approximate surface area is 225 Å². The van der Waals surface area contributed by atoms with Gasteiger partial charge in [0, 0.05) is 24.2 Å². The first-order valence-corrected chi connectivity index (χ1v) is 14.5. The van der Waals surface area contributed by atoms with Crippen molar-refractivity contribution in [3.63, 3.8) is 0 Å². The van der Waals surface area contributed by atoms with Crippen molar-refractivity contribution in [2.75, 3.05) is 13.2 Å². The molecule has 0 atom stereocenters. The minimum absolute atomic E-state index is 0.0115. The molecule has 0 N–H and O–H groups in total. The van der Waals surface area contributed by atoms with E-state index in [0.717, 1.165) is 68.4 Å². The number of hydrogen-bond acceptors (Lipinski definition) is 2. The molecule has 4 rings (SSSR count). The zero-order valence-electron chi connectivity index (χ0n) is 23.9. The van der Waals surface area contributed by atoms with Crippen LogP contribution in [0.4, 0.5) is 4.39 Å². The maximum atomic E-state index is 15.6. The fourth-order valence-corrected chi connectivity index (χ4v) is 7.20. The van der Waals surface area contributed by atoms with Crippen LogP contribution >= 0.6 is 0 Å². The molecule has 2 nitrogen and oxygen atoms in total. The molecule has 1 saturated carbocycles. The Bertz CT molecular complexity index is 1010. The number of halogens is 1. The molecule has 0 spiro atoms. The second kappa shape index (κ2) is 11.8. The molecule has 0 amide bonds. The zero-order valence-corrected chi connectivity index (χ0v) is 23.9. The maximum Gasteiger partial charge on any atom is 0.127 e. The zero-order chi connectivity index (χ0) is 26.6. The number of hydrogen-bond donors (Lipinski definition) is 0. The standard InChI is InChI=1S/C34H48FNO/c1-7-9-20-36-33(3,4)23-29(24-34(36,5)6)31-19-16-28(22-32(31)35)27-12-10-25(11-13-27)26-14-17-30(18-15-26)37-21-8-2/h7,10-13,16,19,22,26,29-30H,1,8-9,14-15,17-18,20-21,23-24H2,2-6H3. The first kappa shape index (κ1) is 28.0. The second-order valence-corrected chi connectivity index (χ2v) is 12.7. The number of rotatable bonds is 9. The monoisotopic (exact) mass is 505 g/mol. The lowest BCUT2D eigenvalue weighted by Gasteiger charge is -2.55. The van der Waals surface area contributed by atoms with Crippen molar-refractivity contribution in [3.05, 3.63) is 72.1 Å². The molecular formula is C34H48FNO. The average molecular weight is 506 g/mol. The third kappa shape index (κ3) is 6.55. The minimum Gasteiger partial charge on any atom is -0.378 e. The van der Waals surface area contributed by atoms with Gasteiger partial charge in [-0.15, -0.1) is 6.58 Å². The predicted molar refractivity (Wildman–Crippen MR) is 155 cm³/mol. The number of likely N-dealkylation sites (tertiary alicyclic amines) is 1. The van der Waals surface area contributed by atoms with Gasteiger partial charge in [0.25, 0.3) is 0 Å². The first-order chi connectivity index (χ1) is 17.6. The molecule has 2 aliphatic rings. The highest BCUT2D eigenvalue weighted by atomic mass is 19.1. The number of benzene rings is 2. The predicted octanol–water partition coefficient (Wildman–Crippen LogP) is 9.26. The summed E-state index contributed by atoms with van der Waals surface area (Å²) in [6.45, 7) is 17.2. The largest absolute Gasteiger partial charge is 0.378 e. The Hall–Kier alpha value is -1.97. The molecule has 1 saturated heterocycles. The number of ether oxygens (including phenoxy) is 1. The van der Waals surface area contributed by atoms with Gasteiger partial charge in [-0.3, -0.25) is 4.90 Å². The molecule has 1 heterocycles. The Morgan fingerprint density at radius 1 is 0.919 bits per heavy atom. The molecule has 0 bridgehead atoms. The van der Waals surface area contributed by atoms with Gasteiger partial charge in [-0.05, 0) is 119 Å². The van der Waals surface area contributed by atoms with Gasteiger partial charge in [0.15, 0.2) is 0 Å². The molecule has 2 aromatic carbocycles. The lowest BCUT2D eigenvalue weighted by atomic mass is 9.71. The fraction of sp³-hybridized carbons (Fsp3) is 0.588. The third-order valence-electron chi connectivity index (χ3n) is 8.90. The van der Waals surface area contributed by atoms with Crippen molar-refractivity contribution in [1.29, 1.82) is 0 Å². The molecule has 37 heavy (non-hydrogen) atoms. The SMILES string of the molecule is C=CCCN1C(C)(C)CC(c2ccc(-c3ccc(C4CCC(OCCC)CC4)cc3)cc2F)CC1(C)C. The third-order valence-corrected chi connectivity index (χ3v) is 8.90. The van der Waals surface area contributed by atoms with Crippen molar-refractivity contribution < 1.29 is 9.13 Å². The minimum atomic E-state index is -0.0666. The van der Waals surface area contributed by atoms with E-state index in [1.165, 1.54) is 18.4 Å². The Morgan fingerprint density at radius 3 is 2.11 bits per heavy atom. The van der Waals surface area contributed by atoms with Crippen molar-refractivity contribution in [1.82, 2.24) is 4.90 Å². The van der Waals surface area contributed by atoms with Gasteiger partial charge >= 0.3 is 0 Å². The van der Waals surface area contributed by atoms with Crippen LogP contribution in [0.3, 0.4) is 0 Å². The van der Waals surface area contributed by atoms with Crippen LogP contribution < -0.4 is 0 Å². The Morgan fingerprint density at radius 2 is 1.54 bits per heavy atom. The molecule has 2 aromatic rings. The van der Waals surface area contributed by atoms with Crippen LogP contribution in [0.25, 0.3) is 11.1 Å². The quantitative estimate of drug-likeness (QED) is 0.315. The van der Waals surface area contributed by atoms with Crippen molar-refractivity contribution in [2.45, 2.75) is 115 Å². The summed E-state index contributed by atoms with van der Waals surface area (Å²) >= 11 is 0. The van der Waals surface area contributed by atoms with E-state index in [2.05, 4.69) is 76.4 Å². The van der Waals surface area contributed by atoms with Gasteiger partial charge in [-0.25, -0.2) is 4.39 Å². The van der Waals surface area contributed by atoms with Crippen LogP contribution in [0.5, 0.6) is 0 Å². The highest BCUT2D eigenvalue weighted by molar-refractivity contribution is 5.64. The Balaban J connectivity index is 1.44. The summed E-state index contributed by atoms with van der Waals surface area (Å²) in [6.07, 6.45) is 11.1. The molecule has 3 heteroatoms. The first-order valence-electron chi connectivity index (χ1n) is 14.5. The highest BCUT2D eigenvalue weighted by Crippen LogP contribution is 2.46. The van der Waals surface area contributed by atoms with Crippen molar-refractivity contribution in [2.24, 2.45) is 0 Å². The van der Waals surface area contributed by atoms with E-state index in [9.17, 15) is 0 Å². The summed E-state index contributed by atoms with van der Waals surface area (Å²) in [5, 5.41) is 0. The summed E-state index contributed by atoms with van der Waals surface area (Å²) in [5.74, 6) is 0.764. The van der Waals surface area contributed by atoms with Gasteiger partial charge in [0.1, 0.15) is 5.82 Å². The normalized spacial score (nSPS) is 24.2. The van der Waals surface area contributed by atoms with Gasteiger partial charge in [0.05, 0.1) is 6.10 Å². The maximum absolute atomic E-state index is 15.6. The molecule has 0 unspecified atom stereocenters. The van der Waals surface area contributed by atoms with Crippen molar-refractivity contribution >= 4 is 0 Å². The van der Waals surface area contributed by atoms with Crippen LogP contribution in [-0.4, -0.2) is 35.2 Å². The molecule has 0 aromatic heterocycles. The summed E-state index contributed by atoms with van der Waals surface area (Å²) in [5.41, 5.74) is 4.35. The topological polar surface area (TPSA) is 12.5 Å². The van der Waals surface area contributed by atoms with E-state index in [1.807, 2.05) is 12.1 Å². The van der Waals surface area contributed by atoms with Crippen LogP contribution in [0.2, 0.25) is 0 Å². The summed E-state index contributed by atoms with van der Waals surface area (Å²) < 4.78 is 21.5. The summed E-state index contributed by atoms with van der Waals surface area (Å²) in [4.78, 5) is 2.59. The van der Waals surface area contributed by atoms with Crippen LogP contribution in [0.1, 0.15) is 109 Å². The van der Waals surface area contributed by atoms with Crippen LogP contribution in [0.15, 0.2) is 55.1 Å². The number of nitrogens with zero attached hydrogens (tertiary/aromatic N) is 1. The van der Waals surface area contributed by atoms with E-state index in [-0.39, 0.29) is 22.8 Å². The van der Waals surface area contributed by atoms with E-state index in [1.54, 1.807) is 6.07 Å². The van der Waals surface area contributed by atoms with E-state index >= 15 is 4.39 Å². The molecule has 202 valence electrons. The van der Waals surface area contributed by atoms with Gasteiger partial charge < -0.3 is 4.74 Å². The second-order valence-electron chi connectivity index (χ2n) is 12.7. The fourth-order valence-electron chi connectivity index (χ4n) is 7.20. The smallest absolute Gasteiger partial charge is 0.127 e. The van der Waals surface area contributed by atoms with Gasteiger partial charge in [0.2, 0.25) is 0 Å². The van der Waals surface area contributed by atoms with Crippen LogP contribution in [0, 0.1) is 5.82 Å². The summed E-state index contributed by atoms with van der Waals surface area (Å²) in [7, 11) is 0. The lowest BCUT2D eigenvalue weighted by Crippen LogP contribution is -2.60. The molecule has 2 fully saturated rings. The van der Waals surface area contributed by atoms with E-state index in [4.69, 9.17) is 4.74 Å². The lowest BCUT2D eigenvalue weighted by molar-refractivity contribution is -0.0350. The highest BCUT2D eigenvalue weighted by Gasteiger charge is 2.45. The molecule has 1 aliphatic heterocycles. The van der Waals surface area contributed by atoms with Crippen LogP contribution in [-0.2, 0) is 4.74 Å². The van der Waals surface area contributed by atoms with Gasteiger partial charge in [-0.2, -0.15) is 0 Å². The average Bonchev–Trinajstić information content (AvgIpc) is 2.86. The molecule has 1 aliphatic carbocycles. The van der Waals surface area contributed by atoms with Gasteiger partial charge in [-0.1, -0.05) is 49.4 Å². The molecule has 0 radical (unpaired) electrons.